The van der Waals surface area contributed by atoms with Crippen LogP contribution in [0, 0.1) is 0 Å². The smallest absolute Gasteiger partial charge is 0.226 e. The lowest BCUT2D eigenvalue weighted by Gasteiger charge is -2.31. The number of rotatable bonds is 8. The molecule has 0 saturated carbocycles. The molecule has 0 aromatic carbocycles. The minimum absolute atomic E-state index is 0.139. The molecule has 2 aliphatic heterocycles. The van der Waals surface area contributed by atoms with Gasteiger partial charge in [-0.1, -0.05) is 5.21 Å². The largest absolute Gasteiger partial charge is 0.396 e. The average Bonchev–Trinajstić information content (AvgIpc) is 3.25. The molecule has 0 atom stereocenters. The van der Waals surface area contributed by atoms with Gasteiger partial charge in [-0.2, -0.15) is 9.97 Å². The Bertz CT molecular complexity index is 738. The fourth-order valence-corrected chi connectivity index (χ4v) is 3.34. The third kappa shape index (κ3) is 5.31. The molecule has 11 nitrogen and oxygen atoms in total. The van der Waals surface area contributed by atoms with Crippen LogP contribution in [0.2, 0.25) is 0 Å². The van der Waals surface area contributed by atoms with Crippen LogP contribution in [-0.4, -0.2) is 89.3 Å². The summed E-state index contributed by atoms with van der Waals surface area (Å²) in [5.74, 6) is 2.37. The molecule has 0 spiro atoms. The van der Waals surface area contributed by atoms with Gasteiger partial charge in [-0.05, 0) is 6.42 Å². The standard InChI is InChI=1S/C18H28N8O3/c27-7-1-2-26-14-15(22-23-26)13-19-18-20-16(24-3-8-28-9-4-24)12-17(21-18)25-5-10-29-11-6-25/h12,14,27H,1-11,13H2,(H,19,20,21). The summed E-state index contributed by atoms with van der Waals surface area (Å²) in [5, 5.41) is 20.5. The van der Waals surface area contributed by atoms with E-state index in [1.54, 1.807) is 4.68 Å². The molecule has 0 bridgehead atoms. The molecular weight excluding hydrogens is 376 g/mol. The Kier molecular flexibility index (Phi) is 6.70. The molecule has 11 heteroatoms. The highest BCUT2D eigenvalue weighted by Gasteiger charge is 2.19. The van der Waals surface area contributed by atoms with Gasteiger partial charge in [0, 0.05) is 45.4 Å². The van der Waals surface area contributed by atoms with Gasteiger partial charge in [0.1, 0.15) is 17.3 Å². The quantitative estimate of drug-likeness (QED) is 0.610. The minimum atomic E-state index is 0.139. The first-order chi connectivity index (χ1) is 14.3. The fraction of sp³-hybridized carbons (Fsp3) is 0.667. The number of aromatic nitrogens is 5. The van der Waals surface area contributed by atoms with Crippen LogP contribution in [0.25, 0.3) is 0 Å². The first-order valence-electron chi connectivity index (χ1n) is 10.1. The van der Waals surface area contributed by atoms with Crippen molar-refractivity contribution >= 4 is 17.6 Å². The average molecular weight is 404 g/mol. The van der Waals surface area contributed by atoms with Gasteiger partial charge in [0.05, 0.1) is 39.2 Å². The predicted octanol–water partition coefficient (Wildman–Crippen LogP) is -0.264. The first-order valence-corrected chi connectivity index (χ1v) is 10.1. The van der Waals surface area contributed by atoms with Crippen molar-refractivity contribution in [2.24, 2.45) is 0 Å². The molecule has 2 saturated heterocycles. The molecule has 2 aromatic rings. The van der Waals surface area contributed by atoms with E-state index < -0.39 is 0 Å². The van der Waals surface area contributed by atoms with Crippen molar-refractivity contribution in [2.75, 3.05) is 74.3 Å². The van der Waals surface area contributed by atoms with E-state index in [0.29, 0.717) is 51.9 Å². The predicted molar refractivity (Wildman–Crippen MR) is 107 cm³/mol. The molecule has 0 radical (unpaired) electrons. The number of morpholine rings is 2. The summed E-state index contributed by atoms with van der Waals surface area (Å²) in [6.45, 7) is 7.36. The summed E-state index contributed by atoms with van der Waals surface area (Å²) in [6.07, 6.45) is 2.53. The molecule has 0 unspecified atom stereocenters. The Morgan fingerprint density at radius 2 is 1.59 bits per heavy atom. The van der Waals surface area contributed by atoms with Gasteiger partial charge in [-0.3, -0.25) is 4.68 Å². The highest BCUT2D eigenvalue weighted by atomic mass is 16.5. The van der Waals surface area contributed by atoms with E-state index in [1.807, 2.05) is 12.3 Å². The lowest BCUT2D eigenvalue weighted by Crippen LogP contribution is -2.39. The summed E-state index contributed by atoms with van der Waals surface area (Å²) >= 11 is 0. The zero-order valence-electron chi connectivity index (χ0n) is 16.5. The summed E-state index contributed by atoms with van der Waals surface area (Å²) < 4.78 is 12.7. The van der Waals surface area contributed by atoms with Gasteiger partial charge >= 0.3 is 0 Å². The number of nitrogens with zero attached hydrogens (tertiary/aromatic N) is 7. The van der Waals surface area contributed by atoms with Crippen molar-refractivity contribution in [1.29, 1.82) is 0 Å². The highest BCUT2D eigenvalue weighted by molar-refractivity contribution is 5.55. The second kappa shape index (κ2) is 9.81. The van der Waals surface area contributed by atoms with Crippen molar-refractivity contribution in [3.63, 3.8) is 0 Å². The molecule has 0 aliphatic carbocycles. The molecule has 2 aliphatic rings. The fourth-order valence-electron chi connectivity index (χ4n) is 3.34. The highest BCUT2D eigenvalue weighted by Crippen LogP contribution is 2.23. The third-order valence-corrected chi connectivity index (χ3v) is 4.93. The Morgan fingerprint density at radius 3 is 2.17 bits per heavy atom. The van der Waals surface area contributed by atoms with Gasteiger partial charge in [0.25, 0.3) is 0 Å². The van der Waals surface area contributed by atoms with Crippen molar-refractivity contribution in [3.05, 3.63) is 18.0 Å². The lowest BCUT2D eigenvalue weighted by atomic mass is 10.3. The number of aliphatic hydroxyl groups excluding tert-OH is 1. The molecule has 0 amide bonds. The number of nitrogens with one attached hydrogen (secondary N) is 1. The van der Waals surface area contributed by atoms with Gasteiger partial charge in [-0.15, -0.1) is 5.10 Å². The van der Waals surface area contributed by atoms with Gasteiger partial charge < -0.3 is 29.7 Å². The number of ether oxygens (including phenoxy) is 2. The maximum atomic E-state index is 8.94. The summed E-state index contributed by atoms with van der Waals surface area (Å²) in [7, 11) is 0. The topological polar surface area (TPSA) is 114 Å². The molecule has 4 heterocycles. The Morgan fingerprint density at radius 1 is 0.966 bits per heavy atom. The van der Waals surface area contributed by atoms with E-state index in [0.717, 1.165) is 43.5 Å². The van der Waals surface area contributed by atoms with E-state index in [4.69, 9.17) is 24.5 Å². The van der Waals surface area contributed by atoms with E-state index >= 15 is 0 Å². The molecule has 2 aromatic heterocycles. The van der Waals surface area contributed by atoms with Crippen LogP contribution in [0.15, 0.2) is 12.3 Å². The van der Waals surface area contributed by atoms with Crippen LogP contribution in [0.1, 0.15) is 12.1 Å². The molecule has 2 fully saturated rings. The Labute approximate surface area is 169 Å². The van der Waals surface area contributed by atoms with Crippen LogP contribution in [0.3, 0.4) is 0 Å². The normalized spacial score (nSPS) is 17.6. The Hall–Kier alpha value is -2.50. The molecule has 158 valence electrons. The van der Waals surface area contributed by atoms with Gasteiger partial charge in [0.2, 0.25) is 5.95 Å². The monoisotopic (exact) mass is 404 g/mol. The van der Waals surface area contributed by atoms with Crippen molar-refractivity contribution < 1.29 is 14.6 Å². The third-order valence-electron chi connectivity index (χ3n) is 4.93. The summed E-state index contributed by atoms with van der Waals surface area (Å²) in [6, 6.07) is 2.05. The zero-order chi connectivity index (χ0) is 19.9. The van der Waals surface area contributed by atoms with Crippen LogP contribution in [-0.2, 0) is 22.6 Å². The van der Waals surface area contributed by atoms with E-state index in [2.05, 4.69) is 25.4 Å². The van der Waals surface area contributed by atoms with E-state index in [9.17, 15) is 0 Å². The van der Waals surface area contributed by atoms with Crippen LogP contribution < -0.4 is 15.1 Å². The number of hydrogen-bond acceptors (Lipinski definition) is 10. The van der Waals surface area contributed by atoms with Crippen molar-refractivity contribution in [1.82, 2.24) is 25.0 Å². The molecule has 4 rings (SSSR count). The number of hydrogen-bond donors (Lipinski definition) is 2. The van der Waals surface area contributed by atoms with Gasteiger partial charge in [0.15, 0.2) is 0 Å². The molecule has 29 heavy (non-hydrogen) atoms. The van der Waals surface area contributed by atoms with Crippen LogP contribution in [0.4, 0.5) is 17.6 Å². The van der Waals surface area contributed by atoms with Crippen LogP contribution in [0.5, 0.6) is 0 Å². The summed E-state index contributed by atoms with van der Waals surface area (Å²) in [5.41, 5.74) is 0.802. The zero-order valence-corrected chi connectivity index (χ0v) is 16.5. The minimum Gasteiger partial charge on any atom is -0.396 e. The summed E-state index contributed by atoms with van der Waals surface area (Å²) in [4.78, 5) is 13.9. The van der Waals surface area contributed by atoms with E-state index in [-0.39, 0.29) is 6.61 Å². The number of aliphatic hydroxyl groups is 1. The van der Waals surface area contributed by atoms with Crippen molar-refractivity contribution in [3.8, 4) is 0 Å². The number of aryl methyl sites for hydroxylation is 1. The van der Waals surface area contributed by atoms with E-state index in [1.165, 1.54) is 0 Å². The maximum Gasteiger partial charge on any atom is 0.226 e. The lowest BCUT2D eigenvalue weighted by molar-refractivity contribution is 0.122. The molecule has 2 N–H and O–H groups in total. The Balaban J connectivity index is 1.48. The van der Waals surface area contributed by atoms with Gasteiger partial charge in [-0.25, -0.2) is 0 Å². The van der Waals surface area contributed by atoms with Crippen LogP contribution >= 0.6 is 0 Å². The number of anilines is 3. The second-order valence-electron chi connectivity index (χ2n) is 7.01. The SMILES string of the molecule is OCCCn1cc(CNc2nc(N3CCOCC3)cc(N3CCOCC3)n2)nn1. The maximum absolute atomic E-state index is 8.94. The first kappa shape index (κ1) is 19.8. The second-order valence-corrected chi connectivity index (χ2v) is 7.01. The molecular formula is C18H28N8O3. The van der Waals surface area contributed by atoms with Crippen molar-refractivity contribution in [2.45, 2.75) is 19.5 Å².